The maximum Gasteiger partial charge on any atom is 0.336 e. The largest absolute Gasteiger partial charge is 0.507 e. The van der Waals surface area contributed by atoms with Gasteiger partial charge in [0.25, 0.3) is 0 Å². The van der Waals surface area contributed by atoms with E-state index >= 15 is 0 Å². The normalized spacial score (nSPS) is 10.6. The Morgan fingerprint density at radius 3 is 1.96 bits per heavy atom. The summed E-state index contributed by atoms with van der Waals surface area (Å²) in [5.41, 5.74) is -1.29. The molecule has 0 aromatic heterocycles. The average Bonchev–Trinajstić information content (AvgIpc) is 2.65. The second kappa shape index (κ2) is 8.68. The number of aromatic carboxylic acids is 1. The van der Waals surface area contributed by atoms with Gasteiger partial charge in [0.15, 0.2) is 5.78 Å². The third kappa shape index (κ3) is 4.32. The fourth-order valence-electron chi connectivity index (χ4n) is 2.48. The molecule has 10 heteroatoms. The second-order valence-electron chi connectivity index (χ2n) is 5.60. The Morgan fingerprint density at radius 1 is 0.893 bits per heavy atom. The van der Waals surface area contributed by atoms with Crippen molar-refractivity contribution in [3.05, 3.63) is 55.5 Å². The number of carbonyl (C=O) groups excluding carboxylic acids is 2. The van der Waals surface area contributed by atoms with Gasteiger partial charge in [-0.2, -0.15) is 0 Å². The van der Waals surface area contributed by atoms with Gasteiger partial charge in [0.2, 0.25) is 0 Å². The van der Waals surface area contributed by atoms with Gasteiger partial charge in [-0.3, -0.25) is 9.59 Å². The minimum absolute atomic E-state index is 0.0645. The van der Waals surface area contributed by atoms with Crippen molar-refractivity contribution in [1.82, 2.24) is 0 Å². The number of halogens is 3. The van der Waals surface area contributed by atoms with E-state index in [9.17, 15) is 29.7 Å². The summed E-state index contributed by atoms with van der Waals surface area (Å²) in [5, 5.41) is 29.5. The van der Waals surface area contributed by atoms with Crippen LogP contribution in [0.5, 0.6) is 11.5 Å². The van der Waals surface area contributed by atoms with Crippen LogP contribution in [0.25, 0.3) is 0 Å². The molecule has 28 heavy (non-hydrogen) atoms. The molecule has 0 heterocycles. The van der Waals surface area contributed by atoms with E-state index in [0.29, 0.717) is 0 Å². The predicted octanol–water partition coefficient (Wildman–Crippen LogP) is 4.09. The summed E-state index contributed by atoms with van der Waals surface area (Å²) in [7, 11) is 1.17. The molecular weight excluding hydrogens is 435 g/mol. The Bertz CT molecular complexity index is 986. The van der Waals surface area contributed by atoms with E-state index in [0.717, 1.165) is 18.2 Å². The lowest BCUT2D eigenvalue weighted by molar-refractivity contribution is -0.140. The Kier molecular flexibility index (Phi) is 6.77. The van der Waals surface area contributed by atoms with Crippen molar-refractivity contribution < 1.29 is 34.4 Å². The first-order valence-electron chi connectivity index (χ1n) is 7.65. The molecule has 0 unspecified atom stereocenters. The highest BCUT2D eigenvalue weighted by Gasteiger charge is 2.26. The Morgan fingerprint density at radius 2 is 1.43 bits per heavy atom. The molecule has 148 valence electrons. The van der Waals surface area contributed by atoms with Crippen molar-refractivity contribution in [2.75, 3.05) is 7.11 Å². The number of esters is 1. The Labute approximate surface area is 174 Å². The number of ketones is 1. The monoisotopic (exact) mass is 446 g/mol. The van der Waals surface area contributed by atoms with E-state index in [2.05, 4.69) is 4.74 Å². The summed E-state index contributed by atoms with van der Waals surface area (Å²) in [6.07, 6.45) is -0.364. The van der Waals surface area contributed by atoms with Crippen molar-refractivity contribution in [3.63, 3.8) is 0 Å². The molecule has 0 fully saturated rings. The van der Waals surface area contributed by atoms with Gasteiger partial charge in [-0.05, 0) is 24.6 Å². The highest BCUT2D eigenvalue weighted by molar-refractivity contribution is 6.42. The molecule has 0 radical (unpaired) electrons. The first kappa shape index (κ1) is 21.8. The van der Waals surface area contributed by atoms with E-state index in [-0.39, 0.29) is 44.6 Å². The van der Waals surface area contributed by atoms with E-state index < -0.39 is 34.8 Å². The maximum absolute atomic E-state index is 12.9. The first-order valence-corrected chi connectivity index (χ1v) is 8.79. The molecule has 0 aliphatic carbocycles. The zero-order valence-corrected chi connectivity index (χ0v) is 16.5. The number of rotatable bonds is 6. The number of aromatic hydroxyl groups is 2. The lowest BCUT2D eigenvalue weighted by atomic mass is 9.94. The number of phenols is 2. The average molecular weight is 448 g/mol. The summed E-state index contributed by atoms with van der Waals surface area (Å²) in [4.78, 5) is 35.7. The van der Waals surface area contributed by atoms with Crippen LogP contribution in [-0.2, 0) is 16.0 Å². The van der Waals surface area contributed by atoms with E-state index in [4.69, 9.17) is 34.8 Å². The number of carbonyl (C=O) groups is 3. The van der Waals surface area contributed by atoms with Gasteiger partial charge in [-0.15, -0.1) is 0 Å². The highest BCUT2D eigenvalue weighted by atomic mass is 35.5. The number of carboxylic acids is 1. The number of phenolic OH excluding ortho intramolecular Hbond substituents is 2. The zero-order valence-electron chi connectivity index (χ0n) is 14.3. The Hall–Kier alpha value is -2.48. The van der Waals surface area contributed by atoms with Crippen molar-refractivity contribution in [1.29, 1.82) is 0 Å². The number of benzene rings is 2. The maximum atomic E-state index is 12.9. The van der Waals surface area contributed by atoms with Crippen LogP contribution in [0.1, 0.15) is 38.3 Å². The van der Waals surface area contributed by atoms with Gasteiger partial charge < -0.3 is 20.1 Å². The van der Waals surface area contributed by atoms with Gasteiger partial charge in [0.1, 0.15) is 11.5 Å². The second-order valence-corrected chi connectivity index (χ2v) is 6.83. The van der Waals surface area contributed by atoms with E-state index in [1.165, 1.54) is 7.11 Å². The smallest absolute Gasteiger partial charge is 0.336 e. The molecule has 7 nitrogen and oxygen atoms in total. The first-order chi connectivity index (χ1) is 13.1. The van der Waals surface area contributed by atoms with Crippen molar-refractivity contribution >= 4 is 52.5 Å². The minimum Gasteiger partial charge on any atom is -0.507 e. The van der Waals surface area contributed by atoms with Crippen LogP contribution in [0.3, 0.4) is 0 Å². The molecule has 0 bridgehead atoms. The zero-order chi connectivity index (χ0) is 21.2. The SMILES string of the molecule is COC(=O)CCc1c(O)c(Cl)cc(C(=O)c2cc(Cl)c(Cl)cc2C(=O)O)c1O. The number of hydrogen-bond donors (Lipinski definition) is 3. The van der Waals surface area contributed by atoms with Crippen molar-refractivity contribution in [2.45, 2.75) is 12.8 Å². The third-order valence-electron chi connectivity index (χ3n) is 3.91. The van der Waals surface area contributed by atoms with Crippen molar-refractivity contribution in [2.24, 2.45) is 0 Å². The summed E-state index contributed by atoms with van der Waals surface area (Å²) < 4.78 is 4.50. The molecule has 0 aliphatic rings. The predicted molar refractivity (Wildman–Crippen MR) is 102 cm³/mol. The van der Waals surface area contributed by atoms with Gasteiger partial charge in [0.05, 0.1) is 33.3 Å². The molecular formula is C18H13Cl3O7. The molecule has 0 atom stereocenters. The molecule has 2 rings (SSSR count). The molecule has 2 aromatic rings. The molecule has 2 aromatic carbocycles. The Balaban J connectivity index is 2.61. The number of carboxylic acid groups (broad SMARTS) is 1. The van der Waals surface area contributed by atoms with Crippen LogP contribution in [0, 0.1) is 0 Å². The summed E-state index contributed by atoms with van der Waals surface area (Å²) in [6, 6.07) is 3.06. The van der Waals surface area contributed by atoms with Crippen LogP contribution < -0.4 is 0 Å². The fraction of sp³-hybridized carbons (Fsp3) is 0.167. The molecule has 0 saturated heterocycles. The van der Waals surface area contributed by atoms with Gasteiger partial charge in [-0.1, -0.05) is 34.8 Å². The molecule has 0 aliphatic heterocycles. The summed E-state index contributed by atoms with van der Waals surface area (Å²) in [6.45, 7) is 0. The topological polar surface area (TPSA) is 121 Å². The van der Waals surface area contributed by atoms with Gasteiger partial charge in [-0.25, -0.2) is 4.79 Å². The standard InChI is InChI=1S/C18H13Cl3O7/c1-28-14(22)3-2-7-15(23)10(6-13(21)17(7)25)16(24)8-4-11(19)12(20)5-9(8)18(26)27/h4-6,23,25H,2-3H2,1H3,(H,26,27). The van der Waals surface area contributed by atoms with E-state index in [1.54, 1.807) is 0 Å². The van der Waals surface area contributed by atoms with Crippen LogP contribution in [0.2, 0.25) is 15.1 Å². The van der Waals surface area contributed by atoms with Crippen LogP contribution in [0.15, 0.2) is 18.2 Å². The lowest BCUT2D eigenvalue weighted by Crippen LogP contribution is -2.11. The minimum atomic E-state index is -1.43. The van der Waals surface area contributed by atoms with Crippen LogP contribution in [-0.4, -0.2) is 40.2 Å². The molecule has 0 amide bonds. The summed E-state index contributed by atoms with van der Waals surface area (Å²) >= 11 is 17.6. The molecule has 3 N–H and O–H groups in total. The van der Waals surface area contributed by atoms with Crippen molar-refractivity contribution in [3.8, 4) is 11.5 Å². The third-order valence-corrected chi connectivity index (χ3v) is 4.92. The number of hydrogen-bond acceptors (Lipinski definition) is 6. The van der Waals surface area contributed by atoms with E-state index in [1.807, 2.05) is 0 Å². The lowest BCUT2D eigenvalue weighted by Gasteiger charge is -2.14. The fourth-order valence-corrected chi connectivity index (χ4v) is 3.03. The summed E-state index contributed by atoms with van der Waals surface area (Å²) in [5.74, 6) is -4.10. The van der Waals surface area contributed by atoms with Gasteiger partial charge in [0, 0.05) is 17.5 Å². The number of ether oxygens (including phenoxy) is 1. The number of methoxy groups -OCH3 is 1. The molecule has 0 spiro atoms. The molecule has 0 saturated carbocycles. The quantitative estimate of drug-likeness (QED) is 0.450. The van der Waals surface area contributed by atoms with Gasteiger partial charge >= 0.3 is 11.9 Å². The van der Waals surface area contributed by atoms with Crippen LogP contribution in [0.4, 0.5) is 0 Å². The highest BCUT2D eigenvalue weighted by Crippen LogP contribution is 2.39. The van der Waals surface area contributed by atoms with Crippen LogP contribution >= 0.6 is 34.8 Å².